The highest BCUT2D eigenvalue weighted by atomic mass is 32.2. The van der Waals surface area contributed by atoms with Crippen molar-refractivity contribution in [2.75, 3.05) is 23.4 Å². The second-order valence-electron chi connectivity index (χ2n) is 8.99. The Morgan fingerprint density at radius 2 is 1.47 bits per heavy atom. The molecule has 0 saturated heterocycles. The van der Waals surface area contributed by atoms with E-state index >= 15 is 0 Å². The molecule has 3 rings (SSSR count). The highest BCUT2D eigenvalue weighted by Crippen LogP contribution is 2.24. The summed E-state index contributed by atoms with van der Waals surface area (Å²) in [6.07, 6.45) is 14.5. The van der Waals surface area contributed by atoms with E-state index in [0.29, 0.717) is 12.0 Å². The Labute approximate surface area is 215 Å². The molecule has 1 aromatic carbocycles. The van der Waals surface area contributed by atoms with Crippen molar-refractivity contribution in [3.63, 3.8) is 0 Å². The first-order valence-corrected chi connectivity index (χ1v) is 14.3. The number of nitrogens with two attached hydrogens (primary N) is 2. The molecule has 0 aliphatic heterocycles. The van der Waals surface area contributed by atoms with Crippen molar-refractivity contribution < 1.29 is 12.6 Å². The van der Waals surface area contributed by atoms with Gasteiger partial charge in [-0.05, 0) is 31.4 Å². The van der Waals surface area contributed by atoms with Crippen LogP contribution in [-0.4, -0.2) is 31.0 Å². The fourth-order valence-corrected chi connectivity index (χ4v) is 4.46. The normalized spacial score (nSPS) is 12.9. The summed E-state index contributed by atoms with van der Waals surface area (Å²) in [5.74, 6) is 0.660. The smallest absolute Gasteiger partial charge is 0.296 e. The standard InChI is InChI=1S/C18H30O3S.C8H10N6/c1-2-3-4-5-6-7-8-9-10-14-17-21-22(19,20)18-15-12-11-13-16-18;9-3-5-6(10)13-8(14-7(5)11)12-4-1-2-4/h11-13,15-16H,2-10,14,17H2,1H3;4H,1-2H2,(H5,10,11,12,13,14). The SMILES string of the molecule is CCCCCCCCCCCCOS(=O)(=O)c1ccccc1.N#Cc1c(N)nc(NC2CC2)nc1N. The molecule has 1 fully saturated rings. The van der Waals surface area contributed by atoms with E-state index < -0.39 is 10.1 Å². The van der Waals surface area contributed by atoms with Gasteiger partial charge in [0.15, 0.2) is 0 Å². The van der Waals surface area contributed by atoms with Gasteiger partial charge in [0.1, 0.15) is 23.3 Å². The molecule has 0 spiro atoms. The Morgan fingerprint density at radius 1 is 0.944 bits per heavy atom. The van der Waals surface area contributed by atoms with Gasteiger partial charge in [0.05, 0.1) is 11.5 Å². The molecule has 0 unspecified atom stereocenters. The second-order valence-corrected chi connectivity index (χ2v) is 10.6. The lowest BCUT2D eigenvalue weighted by Crippen LogP contribution is -2.10. The van der Waals surface area contributed by atoms with Crippen molar-refractivity contribution in [2.45, 2.75) is 94.9 Å². The second kappa shape index (κ2) is 16.0. The van der Waals surface area contributed by atoms with Gasteiger partial charge in [-0.1, -0.05) is 82.9 Å². The van der Waals surface area contributed by atoms with Crippen LogP contribution in [0.3, 0.4) is 0 Å². The minimum Gasteiger partial charge on any atom is -0.382 e. The molecule has 0 radical (unpaired) electrons. The summed E-state index contributed by atoms with van der Waals surface area (Å²) < 4.78 is 28.8. The van der Waals surface area contributed by atoms with E-state index in [-0.39, 0.29) is 28.7 Å². The minimum atomic E-state index is -3.57. The number of hydrogen-bond donors (Lipinski definition) is 3. The number of anilines is 3. The first-order valence-electron chi connectivity index (χ1n) is 12.9. The number of benzene rings is 1. The van der Waals surface area contributed by atoms with E-state index in [1.54, 1.807) is 30.3 Å². The largest absolute Gasteiger partial charge is 0.382 e. The average Bonchev–Trinajstić information content (AvgIpc) is 3.67. The Morgan fingerprint density at radius 3 is 1.97 bits per heavy atom. The van der Waals surface area contributed by atoms with Crippen molar-refractivity contribution in [3.05, 3.63) is 35.9 Å². The van der Waals surface area contributed by atoms with E-state index in [1.165, 1.54) is 51.4 Å². The maximum Gasteiger partial charge on any atom is 0.296 e. The zero-order chi connectivity index (χ0) is 26.2. The van der Waals surface area contributed by atoms with Crippen LogP contribution in [0.25, 0.3) is 0 Å². The third kappa shape index (κ3) is 11.2. The number of nitrogens with one attached hydrogen (secondary N) is 1. The molecule has 0 atom stereocenters. The third-order valence-electron chi connectivity index (χ3n) is 5.76. The van der Waals surface area contributed by atoms with Crippen LogP contribution in [0.5, 0.6) is 0 Å². The van der Waals surface area contributed by atoms with Gasteiger partial charge in [0.2, 0.25) is 5.95 Å². The van der Waals surface area contributed by atoms with Crippen LogP contribution < -0.4 is 16.8 Å². The van der Waals surface area contributed by atoms with E-state index in [2.05, 4.69) is 22.2 Å². The molecular weight excluding hydrogens is 476 g/mol. The summed E-state index contributed by atoms with van der Waals surface area (Å²) in [5, 5.41) is 11.7. The van der Waals surface area contributed by atoms with Crippen LogP contribution in [0.2, 0.25) is 0 Å². The van der Waals surface area contributed by atoms with E-state index in [0.717, 1.165) is 25.7 Å². The highest BCUT2D eigenvalue weighted by molar-refractivity contribution is 7.86. The number of unbranched alkanes of at least 4 members (excludes halogenated alkanes) is 9. The molecule has 36 heavy (non-hydrogen) atoms. The lowest BCUT2D eigenvalue weighted by atomic mass is 10.1. The number of nitrogens with zero attached hydrogens (tertiary/aromatic N) is 3. The Balaban J connectivity index is 0.000000278. The van der Waals surface area contributed by atoms with Crippen molar-refractivity contribution in [1.29, 1.82) is 5.26 Å². The third-order valence-corrected chi connectivity index (χ3v) is 7.08. The van der Waals surface area contributed by atoms with Crippen LogP contribution in [0.1, 0.15) is 89.5 Å². The van der Waals surface area contributed by atoms with Crippen molar-refractivity contribution in [1.82, 2.24) is 9.97 Å². The number of nitrogen functional groups attached to an aromatic ring is 2. The molecule has 1 aromatic heterocycles. The summed E-state index contributed by atoms with van der Waals surface area (Å²) in [6, 6.07) is 10.6. The summed E-state index contributed by atoms with van der Waals surface area (Å²) in [7, 11) is -3.57. The van der Waals surface area contributed by atoms with E-state index in [9.17, 15) is 8.42 Å². The van der Waals surface area contributed by atoms with Gasteiger partial charge in [-0.3, -0.25) is 4.18 Å². The van der Waals surface area contributed by atoms with Gasteiger partial charge in [0.25, 0.3) is 10.1 Å². The number of nitriles is 1. The minimum absolute atomic E-state index is 0.128. The molecular formula is C26H40N6O3S. The van der Waals surface area contributed by atoms with Crippen LogP contribution in [-0.2, 0) is 14.3 Å². The molecule has 1 aliphatic carbocycles. The maximum absolute atomic E-state index is 11.9. The number of rotatable bonds is 15. The number of hydrogen-bond acceptors (Lipinski definition) is 9. The van der Waals surface area contributed by atoms with Gasteiger partial charge in [-0.2, -0.15) is 23.6 Å². The van der Waals surface area contributed by atoms with Crippen molar-refractivity contribution in [3.8, 4) is 6.07 Å². The fourth-order valence-electron chi connectivity index (χ4n) is 3.50. The molecule has 1 aliphatic rings. The van der Waals surface area contributed by atoms with Gasteiger partial charge >= 0.3 is 0 Å². The summed E-state index contributed by atoms with van der Waals surface area (Å²) in [5.41, 5.74) is 11.2. The molecule has 9 nitrogen and oxygen atoms in total. The lowest BCUT2D eigenvalue weighted by Gasteiger charge is -2.05. The summed E-state index contributed by atoms with van der Waals surface area (Å²) >= 11 is 0. The highest BCUT2D eigenvalue weighted by Gasteiger charge is 2.22. The predicted molar refractivity (Wildman–Crippen MR) is 144 cm³/mol. The topological polar surface area (TPSA) is 157 Å². The van der Waals surface area contributed by atoms with E-state index in [1.807, 2.05) is 6.07 Å². The molecule has 1 saturated carbocycles. The van der Waals surface area contributed by atoms with Crippen LogP contribution in [0.4, 0.5) is 17.6 Å². The average molecular weight is 517 g/mol. The fraction of sp³-hybridized carbons (Fsp3) is 0.577. The van der Waals surface area contributed by atoms with E-state index in [4.69, 9.17) is 20.9 Å². The molecule has 0 amide bonds. The number of aromatic nitrogens is 2. The first kappa shape index (κ1) is 29.3. The molecule has 2 aromatic rings. The Hall–Kier alpha value is -2.90. The van der Waals surface area contributed by atoms with Gasteiger partial charge in [-0.25, -0.2) is 0 Å². The molecule has 10 heteroatoms. The summed E-state index contributed by atoms with van der Waals surface area (Å²) in [6.45, 7) is 2.52. The Bertz CT molecular complexity index is 1030. The monoisotopic (exact) mass is 516 g/mol. The van der Waals surface area contributed by atoms with Gasteiger partial charge < -0.3 is 16.8 Å². The van der Waals surface area contributed by atoms with Crippen LogP contribution >= 0.6 is 0 Å². The van der Waals surface area contributed by atoms with Crippen LogP contribution in [0.15, 0.2) is 35.2 Å². The quantitative estimate of drug-likeness (QED) is 0.208. The predicted octanol–water partition coefficient (Wildman–Crippen LogP) is 5.40. The molecule has 1 heterocycles. The lowest BCUT2D eigenvalue weighted by molar-refractivity contribution is 0.306. The van der Waals surface area contributed by atoms with Crippen molar-refractivity contribution >= 4 is 27.7 Å². The first-order chi connectivity index (χ1) is 17.4. The van der Waals surface area contributed by atoms with Gasteiger partial charge in [0, 0.05) is 6.04 Å². The molecule has 5 N–H and O–H groups in total. The summed E-state index contributed by atoms with van der Waals surface area (Å²) in [4.78, 5) is 8.11. The van der Waals surface area contributed by atoms with Crippen LogP contribution in [0, 0.1) is 11.3 Å². The zero-order valence-electron chi connectivity index (χ0n) is 21.3. The molecule has 0 bridgehead atoms. The maximum atomic E-state index is 11.9. The Kier molecular flexibility index (Phi) is 13.0. The van der Waals surface area contributed by atoms with Gasteiger partial charge in [-0.15, -0.1) is 0 Å². The van der Waals surface area contributed by atoms with Crippen molar-refractivity contribution in [2.24, 2.45) is 0 Å². The zero-order valence-corrected chi connectivity index (χ0v) is 22.1. The molecule has 198 valence electrons.